The molecular weight excluding hydrogens is 586 g/mol. The van der Waals surface area contributed by atoms with E-state index in [-0.39, 0.29) is 23.3 Å². The number of anilines is 1. The van der Waals surface area contributed by atoms with Crippen LogP contribution in [0.25, 0.3) is 20.9 Å². The molecule has 1 aromatic carbocycles. The maximum absolute atomic E-state index is 14.1. The normalized spacial score (nSPS) is 19.7. The van der Waals surface area contributed by atoms with E-state index in [1.807, 2.05) is 13.8 Å². The molecule has 2 aromatic rings. The minimum atomic E-state index is -2.91. The van der Waals surface area contributed by atoms with E-state index in [0.29, 0.717) is 35.5 Å². The number of nitroso groups, excluding NO2 is 1. The number of hydrogen-bond acceptors (Lipinski definition) is 6. The number of benzene rings is 1. The van der Waals surface area contributed by atoms with Crippen LogP contribution >= 0.6 is 11.6 Å². The van der Waals surface area contributed by atoms with Crippen molar-refractivity contribution in [1.82, 2.24) is 10.3 Å². The molecule has 4 rings (SSSR count). The summed E-state index contributed by atoms with van der Waals surface area (Å²) in [5.74, 6) is -4.58. The van der Waals surface area contributed by atoms with Gasteiger partial charge in [0.25, 0.3) is 0 Å². The highest BCUT2D eigenvalue weighted by Gasteiger charge is 2.54. The fraction of sp³-hybridized carbons (Fsp3) is 0.444. The number of aromatic nitrogens is 1. The molecule has 3 amide bonds. The predicted octanol–water partition coefficient (Wildman–Crippen LogP) is 7.58. The molecule has 1 atom stereocenters. The lowest BCUT2D eigenvalue weighted by molar-refractivity contribution is -0.102. The fourth-order valence-corrected chi connectivity index (χ4v) is 5.50. The van der Waals surface area contributed by atoms with Gasteiger partial charge < -0.3 is 5.32 Å². The standard InChI is InChI=1S/C27H27ClF2N10O3/c1-25(2,14-34-38-31)8-7-16-3-5-19(9-21(16)28)27(15-35-39-32)20(18-10-26(29,30)11-18)13-40(24(42)36-27)22-6-4-17(12-33-22)23(41)37-43/h3-6,9,12-13,18H,7-8,10-11,14-15H2,1-2H3,(H,36,42)/t27-/m0/s1. The van der Waals surface area contributed by atoms with Crippen molar-refractivity contribution in [2.45, 2.75) is 51.0 Å². The first-order valence-electron chi connectivity index (χ1n) is 13.2. The van der Waals surface area contributed by atoms with Crippen LogP contribution in [0.5, 0.6) is 0 Å². The summed E-state index contributed by atoms with van der Waals surface area (Å²) in [6.07, 6.45) is 2.71. The summed E-state index contributed by atoms with van der Waals surface area (Å²) in [6, 6.07) is 6.97. The number of rotatable bonds is 11. The summed E-state index contributed by atoms with van der Waals surface area (Å²) >= 11 is 6.70. The number of halogens is 3. The summed E-state index contributed by atoms with van der Waals surface area (Å²) in [5, 5.41) is 13.0. The third-order valence-electron chi connectivity index (χ3n) is 7.70. The van der Waals surface area contributed by atoms with Gasteiger partial charge >= 0.3 is 11.9 Å². The second-order valence-corrected chi connectivity index (χ2v) is 11.7. The van der Waals surface area contributed by atoms with E-state index >= 15 is 0 Å². The molecule has 224 valence electrons. The van der Waals surface area contributed by atoms with E-state index in [9.17, 15) is 28.8 Å². The maximum Gasteiger partial charge on any atom is 0.328 e. The highest BCUT2D eigenvalue weighted by molar-refractivity contribution is 6.31. The van der Waals surface area contributed by atoms with Crippen molar-refractivity contribution in [2.75, 3.05) is 18.0 Å². The van der Waals surface area contributed by atoms with Crippen LogP contribution in [0.3, 0.4) is 0 Å². The van der Waals surface area contributed by atoms with E-state index in [1.165, 1.54) is 18.3 Å². The zero-order valence-corrected chi connectivity index (χ0v) is 24.0. The Labute approximate surface area is 249 Å². The van der Waals surface area contributed by atoms with Gasteiger partial charge in [-0.1, -0.05) is 47.8 Å². The average molecular weight is 613 g/mol. The number of aryl methyl sites for hydroxylation is 1. The number of nitrogens with one attached hydrogen (secondary N) is 1. The van der Waals surface area contributed by atoms with Crippen LogP contribution < -0.4 is 10.2 Å². The average Bonchev–Trinajstić information content (AvgIpc) is 2.97. The molecule has 2 aliphatic rings. The molecule has 0 spiro atoms. The summed E-state index contributed by atoms with van der Waals surface area (Å²) in [5.41, 5.74) is 17.6. The van der Waals surface area contributed by atoms with Crippen LogP contribution in [0, 0.1) is 16.2 Å². The smallest absolute Gasteiger partial charge is 0.324 e. The molecule has 1 fully saturated rings. The van der Waals surface area contributed by atoms with Crippen LogP contribution in [-0.2, 0) is 12.0 Å². The zero-order valence-electron chi connectivity index (χ0n) is 23.2. The Morgan fingerprint density at radius 1 is 1.21 bits per heavy atom. The Morgan fingerprint density at radius 3 is 2.51 bits per heavy atom. The Morgan fingerprint density at radius 2 is 1.93 bits per heavy atom. The van der Waals surface area contributed by atoms with Crippen molar-refractivity contribution in [3.05, 3.63) is 95.8 Å². The van der Waals surface area contributed by atoms with Crippen LogP contribution in [0.15, 0.2) is 63.7 Å². The van der Waals surface area contributed by atoms with Crippen molar-refractivity contribution >= 4 is 29.4 Å². The summed E-state index contributed by atoms with van der Waals surface area (Å²) in [6.45, 7) is 3.91. The first-order valence-corrected chi connectivity index (χ1v) is 13.6. The third-order valence-corrected chi connectivity index (χ3v) is 8.06. The van der Waals surface area contributed by atoms with E-state index in [2.05, 4.69) is 35.5 Å². The SMILES string of the molecule is CC(C)(CCc1ccc([C@]2(CN=[N+]=[N-])NC(=O)N(c3ccc(C(=O)N=O)cn3)C=C2C2CC(F)(F)C2)cc1Cl)CN=[N+]=[N-]. The molecule has 0 unspecified atom stereocenters. The number of azide groups is 2. The molecule has 1 aliphatic carbocycles. The largest absolute Gasteiger partial charge is 0.328 e. The summed E-state index contributed by atoms with van der Waals surface area (Å²) < 4.78 is 28.3. The topological polar surface area (TPSA) is 189 Å². The highest BCUT2D eigenvalue weighted by atomic mass is 35.5. The van der Waals surface area contributed by atoms with E-state index in [1.54, 1.807) is 18.2 Å². The van der Waals surface area contributed by atoms with E-state index < -0.39 is 42.2 Å². The number of pyridine rings is 1. The number of carbonyl (C=O) groups is 2. The quantitative estimate of drug-likeness (QED) is 0.118. The molecule has 1 N–H and O–H groups in total. The minimum absolute atomic E-state index is 0.0534. The van der Waals surface area contributed by atoms with Crippen LogP contribution in [0.4, 0.5) is 19.4 Å². The van der Waals surface area contributed by atoms with Crippen molar-refractivity contribution in [2.24, 2.45) is 26.7 Å². The molecular formula is C27H27ClF2N10O3. The van der Waals surface area contributed by atoms with Gasteiger partial charge in [0.05, 0.1) is 17.6 Å². The van der Waals surface area contributed by atoms with Crippen molar-refractivity contribution in [3.63, 3.8) is 0 Å². The lowest BCUT2D eigenvalue weighted by Crippen LogP contribution is -2.60. The Kier molecular flexibility index (Phi) is 9.00. The lowest BCUT2D eigenvalue weighted by Gasteiger charge is -2.48. The van der Waals surface area contributed by atoms with Gasteiger partial charge in [0.2, 0.25) is 5.92 Å². The number of carbonyl (C=O) groups excluding carboxylic acids is 2. The molecule has 2 heterocycles. The van der Waals surface area contributed by atoms with Crippen molar-refractivity contribution in [1.29, 1.82) is 0 Å². The van der Waals surface area contributed by atoms with Gasteiger partial charge in [-0.3, -0.25) is 9.69 Å². The Balaban J connectivity index is 1.76. The molecule has 16 heteroatoms. The van der Waals surface area contributed by atoms with E-state index in [0.717, 1.165) is 16.7 Å². The van der Waals surface area contributed by atoms with Gasteiger partial charge in [-0.2, -0.15) is 0 Å². The molecule has 43 heavy (non-hydrogen) atoms. The Bertz CT molecular complexity index is 1560. The van der Waals surface area contributed by atoms with Crippen LogP contribution in [-0.4, -0.2) is 35.9 Å². The highest BCUT2D eigenvalue weighted by Crippen LogP contribution is 2.52. The number of amides is 3. The van der Waals surface area contributed by atoms with Crippen LogP contribution in [0.1, 0.15) is 54.6 Å². The maximum atomic E-state index is 14.1. The lowest BCUT2D eigenvalue weighted by atomic mass is 9.67. The molecule has 0 bridgehead atoms. The van der Waals surface area contributed by atoms with Crippen molar-refractivity contribution in [3.8, 4) is 0 Å². The van der Waals surface area contributed by atoms with Crippen molar-refractivity contribution < 1.29 is 18.4 Å². The summed E-state index contributed by atoms with van der Waals surface area (Å²) in [7, 11) is 0. The fourth-order valence-electron chi connectivity index (χ4n) is 5.23. The first-order chi connectivity index (χ1) is 20.3. The van der Waals surface area contributed by atoms with Gasteiger partial charge in [0, 0.05) is 51.8 Å². The van der Waals surface area contributed by atoms with E-state index in [4.69, 9.17) is 17.1 Å². The number of hydrogen-bond donors (Lipinski definition) is 1. The number of alkyl halides is 2. The molecule has 1 saturated carbocycles. The Hall–Kier alpha value is -4.58. The van der Waals surface area contributed by atoms with Gasteiger partial charge in [-0.05, 0) is 70.1 Å². The molecule has 13 nitrogen and oxygen atoms in total. The molecule has 0 saturated heterocycles. The van der Waals surface area contributed by atoms with Gasteiger partial charge in [0.1, 0.15) is 5.82 Å². The second-order valence-electron chi connectivity index (χ2n) is 11.3. The monoisotopic (exact) mass is 612 g/mol. The third kappa shape index (κ3) is 6.75. The predicted molar refractivity (Wildman–Crippen MR) is 154 cm³/mol. The van der Waals surface area contributed by atoms with Gasteiger partial charge in [0.15, 0.2) is 0 Å². The summed E-state index contributed by atoms with van der Waals surface area (Å²) in [4.78, 5) is 46.5. The van der Waals surface area contributed by atoms with Crippen LogP contribution in [0.2, 0.25) is 5.02 Å². The molecule has 1 aliphatic heterocycles. The van der Waals surface area contributed by atoms with Gasteiger partial charge in [-0.15, -0.1) is 4.91 Å². The van der Waals surface area contributed by atoms with Gasteiger partial charge in [-0.25, -0.2) is 18.6 Å². The molecule has 1 aromatic heterocycles. The zero-order chi connectivity index (χ0) is 31.4. The minimum Gasteiger partial charge on any atom is -0.324 e. The number of nitrogens with zero attached hydrogens (tertiary/aromatic N) is 9. The molecule has 0 radical (unpaired) electrons. The second kappa shape index (κ2) is 12.3. The first kappa shape index (κ1) is 31.4. The number of urea groups is 1.